The molecule has 17 heavy (non-hydrogen) atoms. The Bertz CT molecular complexity index is 521. The second-order valence-corrected chi connectivity index (χ2v) is 3.96. The summed E-state index contributed by atoms with van der Waals surface area (Å²) in [5, 5.41) is 2.86. The van der Waals surface area contributed by atoms with E-state index >= 15 is 0 Å². The minimum atomic E-state index is -0.106. The normalized spacial score (nSPS) is 12.6. The number of H-pyrrole nitrogens is 1. The Labute approximate surface area is 99.2 Å². The van der Waals surface area contributed by atoms with Gasteiger partial charge >= 0.3 is 0 Å². The van der Waals surface area contributed by atoms with E-state index in [1.54, 1.807) is 25.6 Å². The number of ether oxygens (including phenoxy) is 1. The smallest absolute Gasteiger partial charge is 0.251 e. The molecule has 0 bridgehead atoms. The molecule has 1 aromatic carbocycles. The standard InChI is InChI=1S/C12H15N3O2/c1-8(6-17-2)15-12(16)9-3-4-10-11(5-9)14-7-13-10/h3-5,7-8H,6H2,1-2H3,(H,13,14)(H,15,16). The molecule has 90 valence electrons. The number of methoxy groups -OCH3 is 1. The highest BCUT2D eigenvalue weighted by Crippen LogP contribution is 2.11. The van der Waals surface area contributed by atoms with E-state index in [2.05, 4.69) is 15.3 Å². The highest BCUT2D eigenvalue weighted by Gasteiger charge is 2.10. The molecule has 0 radical (unpaired) electrons. The summed E-state index contributed by atoms with van der Waals surface area (Å²) >= 11 is 0. The van der Waals surface area contributed by atoms with Gasteiger partial charge in [0.05, 0.1) is 24.0 Å². The van der Waals surface area contributed by atoms with E-state index in [-0.39, 0.29) is 11.9 Å². The predicted molar refractivity (Wildman–Crippen MR) is 64.9 cm³/mol. The number of aromatic amines is 1. The van der Waals surface area contributed by atoms with Gasteiger partial charge in [-0.15, -0.1) is 0 Å². The summed E-state index contributed by atoms with van der Waals surface area (Å²) in [7, 11) is 1.61. The molecular formula is C12H15N3O2. The molecule has 2 aromatic rings. The number of benzene rings is 1. The van der Waals surface area contributed by atoms with Crippen molar-refractivity contribution in [1.29, 1.82) is 0 Å². The summed E-state index contributed by atoms with van der Waals surface area (Å²) in [5.74, 6) is -0.106. The number of hydrogen-bond donors (Lipinski definition) is 2. The quantitative estimate of drug-likeness (QED) is 0.837. The van der Waals surface area contributed by atoms with Gasteiger partial charge in [0.15, 0.2) is 0 Å². The Morgan fingerprint density at radius 2 is 2.41 bits per heavy atom. The van der Waals surface area contributed by atoms with Gasteiger partial charge in [0.25, 0.3) is 5.91 Å². The molecule has 1 unspecified atom stereocenters. The summed E-state index contributed by atoms with van der Waals surface area (Å²) in [6, 6.07) is 5.36. The molecule has 0 aliphatic heterocycles. The lowest BCUT2D eigenvalue weighted by molar-refractivity contribution is 0.0905. The van der Waals surface area contributed by atoms with Crippen molar-refractivity contribution in [2.75, 3.05) is 13.7 Å². The maximum atomic E-state index is 11.9. The zero-order chi connectivity index (χ0) is 12.3. The van der Waals surface area contributed by atoms with Crippen molar-refractivity contribution < 1.29 is 9.53 Å². The van der Waals surface area contributed by atoms with Gasteiger partial charge in [-0.3, -0.25) is 4.79 Å². The third-order valence-corrected chi connectivity index (χ3v) is 2.48. The average Bonchev–Trinajstić information content (AvgIpc) is 2.75. The lowest BCUT2D eigenvalue weighted by Gasteiger charge is -2.12. The molecule has 5 heteroatoms. The maximum Gasteiger partial charge on any atom is 0.251 e. The van der Waals surface area contributed by atoms with Crippen molar-refractivity contribution in [3.63, 3.8) is 0 Å². The monoisotopic (exact) mass is 233 g/mol. The summed E-state index contributed by atoms with van der Waals surface area (Å²) in [4.78, 5) is 19.0. The first kappa shape index (κ1) is 11.6. The van der Waals surface area contributed by atoms with E-state index in [0.29, 0.717) is 12.2 Å². The van der Waals surface area contributed by atoms with Crippen molar-refractivity contribution in [2.45, 2.75) is 13.0 Å². The molecule has 2 N–H and O–H groups in total. The molecule has 0 aliphatic rings. The zero-order valence-corrected chi connectivity index (χ0v) is 9.86. The van der Waals surface area contributed by atoms with Crippen molar-refractivity contribution in [1.82, 2.24) is 15.3 Å². The van der Waals surface area contributed by atoms with Crippen molar-refractivity contribution in [3.05, 3.63) is 30.1 Å². The molecule has 1 aromatic heterocycles. The molecular weight excluding hydrogens is 218 g/mol. The fourth-order valence-corrected chi connectivity index (χ4v) is 1.68. The lowest BCUT2D eigenvalue weighted by atomic mass is 10.2. The number of rotatable bonds is 4. The molecule has 0 saturated heterocycles. The molecule has 2 rings (SSSR count). The molecule has 0 aliphatic carbocycles. The number of amides is 1. The van der Waals surface area contributed by atoms with E-state index < -0.39 is 0 Å². The van der Waals surface area contributed by atoms with Crippen LogP contribution < -0.4 is 5.32 Å². The summed E-state index contributed by atoms with van der Waals surface area (Å²) in [6.07, 6.45) is 1.61. The van der Waals surface area contributed by atoms with E-state index in [4.69, 9.17) is 4.74 Å². The third kappa shape index (κ3) is 2.62. The minimum absolute atomic E-state index is 0.00929. The van der Waals surface area contributed by atoms with Crippen LogP contribution in [-0.2, 0) is 4.74 Å². The van der Waals surface area contributed by atoms with Crippen molar-refractivity contribution in [2.24, 2.45) is 0 Å². The van der Waals surface area contributed by atoms with E-state index in [0.717, 1.165) is 11.0 Å². The fraction of sp³-hybridized carbons (Fsp3) is 0.333. The van der Waals surface area contributed by atoms with Crippen LogP contribution in [0, 0.1) is 0 Å². The summed E-state index contributed by atoms with van der Waals surface area (Å²) < 4.78 is 4.97. The Morgan fingerprint density at radius 1 is 1.59 bits per heavy atom. The van der Waals surface area contributed by atoms with Gasteiger partial charge in [-0.2, -0.15) is 0 Å². The molecule has 0 fully saturated rings. The molecule has 1 heterocycles. The Morgan fingerprint density at radius 3 is 3.18 bits per heavy atom. The third-order valence-electron chi connectivity index (χ3n) is 2.48. The van der Waals surface area contributed by atoms with Gasteiger partial charge in [0.1, 0.15) is 0 Å². The first-order valence-corrected chi connectivity index (χ1v) is 5.43. The summed E-state index contributed by atoms with van der Waals surface area (Å²) in [6.45, 7) is 2.40. The van der Waals surface area contributed by atoms with Gasteiger partial charge in [0, 0.05) is 18.7 Å². The van der Waals surface area contributed by atoms with Crippen LogP contribution in [0.5, 0.6) is 0 Å². The van der Waals surface area contributed by atoms with Crippen LogP contribution in [-0.4, -0.2) is 35.6 Å². The molecule has 1 amide bonds. The van der Waals surface area contributed by atoms with Gasteiger partial charge in [-0.05, 0) is 25.1 Å². The van der Waals surface area contributed by atoms with Gasteiger partial charge in [-0.25, -0.2) is 4.98 Å². The first-order chi connectivity index (χ1) is 8.20. The summed E-state index contributed by atoms with van der Waals surface area (Å²) in [5.41, 5.74) is 2.33. The Balaban J connectivity index is 2.13. The molecule has 0 saturated carbocycles. The molecule has 0 spiro atoms. The van der Waals surface area contributed by atoms with E-state index in [1.807, 2.05) is 13.0 Å². The second kappa shape index (κ2) is 4.97. The maximum absolute atomic E-state index is 11.9. The van der Waals surface area contributed by atoms with Crippen molar-refractivity contribution >= 4 is 16.9 Å². The fourth-order valence-electron chi connectivity index (χ4n) is 1.68. The van der Waals surface area contributed by atoms with Crippen LogP contribution in [0.3, 0.4) is 0 Å². The Kier molecular flexibility index (Phi) is 3.39. The number of nitrogens with one attached hydrogen (secondary N) is 2. The minimum Gasteiger partial charge on any atom is -0.383 e. The SMILES string of the molecule is COCC(C)NC(=O)c1ccc2nc[nH]c2c1. The van der Waals surface area contributed by atoms with Gasteiger partial charge in [0.2, 0.25) is 0 Å². The number of aromatic nitrogens is 2. The highest BCUT2D eigenvalue weighted by atomic mass is 16.5. The largest absolute Gasteiger partial charge is 0.383 e. The Hall–Kier alpha value is -1.88. The number of hydrogen-bond acceptors (Lipinski definition) is 3. The number of carbonyl (C=O) groups is 1. The van der Waals surface area contributed by atoms with Gasteiger partial charge in [-0.1, -0.05) is 0 Å². The van der Waals surface area contributed by atoms with Crippen LogP contribution in [0.25, 0.3) is 11.0 Å². The lowest BCUT2D eigenvalue weighted by Crippen LogP contribution is -2.35. The number of imidazole rings is 1. The number of carbonyl (C=O) groups excluding carboxylic acids is 1. The van der Waals surface area contributed by atoms with E-state index in [9.17, 15) is 4.79 Å². The van der Waals surface area contributed by atoms with E-state index in [1.165, 1.54) is 0 Å². The first-order valence-electron chi connectivity index (χ1n) is 5.43. The van der Waals surface area contributed by atoms with Crippen LogP contribution in [0.4, 0.5) is 0 Å². The van der Waals surface area contributed by atoms with Crippen LogP contribution in [0.15, 0.2) is 24.5 Å². The van der Waals surface area contributed by atoms with Crippen molar-refractivity contribution in [3.8, 4) is 0 Å². The topological polar surface area (TPSA) is 67.0 Å². The van der Waals surface area contributed by atoms with Crippen LogP contribution >= 0.6 is 0 Å². The average molecular weight is 233 g/mol. The van der Waals surface area contributed by atoms with Crippen LogP contribution in [0.2, 0.25) is 0 Å². The second-order valence-electron chi connectivity index (χ2n) is 3.96. The van der Waals surface area contributed by atoms with Gasteiger partial charge < -0.3 is 15.0 Å². The zero-order valence-electron chi connectivity index (χ0n) is 9.86. The molecule has 1 atom stereocenters. The highest BCUT2D eigenvalue weighted by molar-refractivity contribution is 5.97. The van der Waals surface area contributed by atoms with Crippen LogP contribution in [0.1, 0.15) is 17.3 Å². The molecule has 5 nitrogen and oxygen atoms in total. The predicted octanol–water partition coefficient (Wildman–Crippen LogP) is 1.33. The number of fused-ring (bicyclic) bond motifs is 1. The number of nitrogens with zero attached hydrogens (tertiary/aromatic N) is 1.